The van der Waals surface area contributed by atoms with Crippen molar-refractivity contribution in [2.75, 3.05) is 0 Å². The smallest absolute Gasteiger partial charge is 0.164 e. The van der Waals surface area contributed by atoms with Gasteiger partial charge in [0.25, 0.3) is 0 Å². The molecule has 0 aliphatic carbocycles. The van der Waals surface area contributed by atoms with E-state index in [2.05, 4.69) is 176 Å². The maximum atomic E-state index is 6.75. The van der Waals surface area contributed by atoms with Crippen molar-refractivity contribution in [3.05, 3.63) is 200 Å². The lowest BCUT2D eigenvalue weighted by Crippen LogP contribution is -2.00. The fraction of sp³-hybridized carbons (Fsp3) is 0. The van der Waals surface area contributed by atoms with Gasteiger partial charge in [0.2, 0.25) is 0 Å². The van der Waals surface area contributed by atoms with Crippen molar-refractivity contribution in [3.8, 4) is 67.5 Å². The van der Waals surface area contributed by atoms with Crippen LogP contribution in [0.1, 0.15) is 0 Å². The molecule has 0 aliphatic rings. The Kier molecular flexibility index (Phi) is 7.78. The highest BCUT2D eigenvalue weighted by molar-refractivity contribution is 6.16. The summed E-state index contributed by atoms with van der Waals surface area (Å²) >= 11 is 0. The summed E-state index contributed by atoms with van der Waals surface area (Å²) in [6, 6.07) is 69.9. The molecule has 0 fully saturated rings. The van der Waals surface area contributed by atoms with E-state index in [9.17, 15) is 0 Å². The monoisotopic (exact) mass is 727 g/mol. The van der Waals surface area contributed by atoms with Crippen LogP contribution < -0.4 is 0 Å². The van der Waals surface area contributed by atoms with Crippen LogP contribution in [-0.4, -0.2) is 15.0 Å². The molecule has 0 aliphatic heterocycles. The SMILES string of the molecule is c1ccc(-c2ccc(-c3nc(-c4ccc(-c5ccccc5)cc4)nc(-c4cccc5oc6c(-c7ccc8c(ccc9ccccc98)c7)cccc6c45)n3)cc2)cc1. The van der Waals surface area contributed by atoms with Gasteiger partial charge in [0.15, 0.2) is 17.5 Å². The van der Waals surface area contributed by atoms with Crippen molar-refractivity contribution in [1.82, 2.24) is 15.0 Å². The van der Waals surface area contributed by atoms with Crippen LogP contribution in [0.15, 0.2) is 205 Å². The minimum absolute atomic E-state index is 0.588. The molecular formula is C53H33N3O. The van der Waals surface area contributed by atoms with Crippen molar-refractivity contribution >= 4 is 43.5 Å². The molecule has 9 aromatic carbocycles. The van der Waals surface area contributed by atoms with E-state index in [0.29, 0.717) is 17.5 Å². The number of aromatic nitrogens is 3. The molecule has 2 aromatic heterocycles. The van der Waals surface area contributed by atoms with E-state index in [1.165, 1.54) is 21.5 Å². The second-order valence-corrected chi connectivity index (χ2v) is 14.4. The number of hydrogen-bond donors (Lipinski definition) is 0. The zero-order valence-electron chi connectivity index (χ0n) is 30.8. The number of furan rings is 1. The first-order chi connectivity index (χ1) is 28.2. The van der Waals surface area contributed by atoms with Gasteiger partial charge in [-0.2, -0.15) is 0 Å². The zero-order chi connectivity index (χ0) is 37.7. The molecule has 0 N–H and O–H groups in total. The maximum Gasteiger partial charge on any atom is 0.164 e. The van der Waals surface area contributed by atoms with E-state index >= 15 is 0 Å². The van der Waals surface area contributed by atoms with Gasteiger partial charge in [-0.05, 0) is 61.5 Å². The van der Waals surface area contributed by atoms with E-state index < -0.39 is 0 Å². The highest BCUT2D eigenvalue weighted by Gasteiger charge is 2.20. The first kappa shape index (κ1) is 32.7. The van der Waals surface area contributed by atoms with Crippen molar-refractivity contribution in [1.29, 1.82) is 0 Å². The summed E-state index contributed by atoms with van der Waals surface area (Å²) in [6.07, 6.45) is 0. The van der Waals surface area contributed by atoms with Crippen LogP contribution in [0.25, 0.3) is 111 Å². The lowest BCUT2D eigenvalue weighted by molar-refractivity contribution is 0.670. The Morgan fingerprint density at radius 1 is 0.298 bits per heavy atom. The Balaban J connectivity index is 1.06. The normalized spacial score (nSPS) is 11.5. The Labute approximate surface area is 329 Å². The summed E-state index contributed by atoms with van der Waals surface area (Å²) < 4.78 is 6.75. The number of benzene rings is 9. The topological polar surface area (TPSA) is 51.8 Å². The number of para-hydroxylation sites is 1. The van der Waals surface area contributed by atoms with Crippen LogP contribution >= 0.6 is 0 Å². The first-order valence-corrected chi connectivity index (χ1v) is 19.2. The van der Waals surface area contributed by atoms with E-state index in [1.807, 2.05) is 24.3 Å². The summed E-state index contributed by atoms with van der Waals surface area (Å²) in [5, 5.41) is 6.91. The molecule has 0 amide bonds. The number of hydrogen-bond acceptors (Lipinski definition) is 4. The Bertz CT molecular complexity index is 3160. The van der Waals surface area contributed by atoms with Crippen LogP contribution in [0.3, 0.4) is 0 Å². The minimum atomic E-state index is 0.588. The number of rotatable bonds is 6. The van der Waals surface area contributed by atoms with Gasteiger partial charge in [-0.1, -0.05) is 188 Å². The molecular weight excluding hydrogens is 695 g/mol. The lowest BCUT2D eigenvalue weighted by atomic mass is 9.96. The molecule has 11 rings (SSSR count). The van der Waals surface area contributed by atoms with Gasteiger partial charge in [-0.15, -0.1) is 0 Å². The third-order valence-corrected chi connectivity index (χ3v) is 11.0. The second-order valence-electron chi connectivity index (χ2n) is 14.4. The third-order valence-electron chi connectivity index (χ3n) is 11.0. The Morgan fingerprint density at radius 2 is 0.789 bits per heavy atom. The van der Waals surface area contributed by atoms with Crippen LogP contribution in [0, 0.1) is 0 Å². The largest absolute Gasteiger partial charge is 0.455 e. The average Bonchev–Trinajstić information content (AvgIpc) is 3.69. The average molecular weight is 728 g/mol. The van der Waals surface area contributed by atoms with Gasteiger partial charge in [0.05, 0.1) is 0 Å². The molecule has 0 saturated carbocycles. The zero-order valence-corrected chi connectivity index (χ0v) is 30.8. The molecule has 2 heterocycles. The van der Waals surface area contributed by atoms with Crippen LogP contribution in [0.4, 0.5) is 0 Å². The maximum absolute atomic E-state index is 6.75. The van der Waals surface area contributed by atoms with Crippen LogP contribution in [0.5, 0.6) is 0 Å². The second kappa shape index (κ2) is 13.6. The highest BCUT2D eigenvalue weighted by Crippen LogP contribution is 2.41. The van der Waals surface area contributed by atoms with Crippen molar-refractivity contribution in [2.24, 2.45) is 0 Å². The van der Waals surface area contributed by atoms with Crippen LogP contribution in [0.2, 0.25) is 0 Å². The number of fused-ring (bicyclic) bond motifs is 6. The molecule has 57 heavy (non-hydrogen) atoms. The molecule has 0 spiro atoms. The predicted molar refractivity (Wildman–Crippen MR) is 235 cm³/mol. The van der Waals surface area contributed by atoms with E-state index in [0.717, 1.165) is 72.0 Å². The van der Waals surface area contributed by atoms with Crippen LogP contribution in [-0.2, 0) is 0 Å². The summed E-state index contributed by atoms with van der Waals surface area (Å²) in [5.74, 6) is 1.80. The summed E-state index contributed by atoms with van der Waals surface area (Å²) in [4.78, 5) is 15.4. The van der Waals surface area contributed by atoms with Gasteiger partial charge < -0.3 is 4.42 Å². The molecule has 4 heteroatoms. The minimum Gasteiger partial charge on any atom is -0.455 e. The van der Waals surface area contributed by atoms with Crippen molar-refractivity contribution in [2.45, 2.75) is 0 Å². The fourth-order valence-electron chi connectivity index (χ4n) is 8.08. The summed E-state index contributed by atoms with van der Waals surface area (Å²) in [5.41, 5.74) is 11.1. The fourth-order valence-corrected chi connectivity index (χ4v) is 8.08. The molecule has 0 bridgehead atoms. The number of nitrogens with zero attached hydrogens (tertiary/aromatic N) is 3. The third kappa shape index (κ3) is 5.83. The van der Waals surface area contributed by atoms with E-state index in [4.69, 9.17) is 19.4 Å². The van der Waals surface area contributed by atoms with Gasteiger partial charge >= 0.3 is 0 Å². The highest BCUT2D eigenvalue weighted by atomic mass is 16.3. The molecule has 266 valence electrons. The molecule has 4 nitrogen and oxygen atoms in total. The van der Waals surface area contributed by atoms with Gasteiger partial charge in [0, 0.05) is 33.0 Å². The summed E-state index contributed by atoms with van der Waals surface area (Å²) in [7, 11) is 0. The standard InChI is InChI=1S/C53H33N3O/c1-3-11-34(12-4-1)36-21-26-39(27-22-36)51-54-52(40-28-23-37(24-29-40)35-13-5-2-6-14-35)56-53(55-51)47-19-10-20-48-49(47)46-18-9-17-45(50(46)57-48)42-31-32-44-41(33-42)30-25-38-15-7-8-16-43(38)44/h1-33H. The lowest BCUT2D eigenvalue weighted by Gasteiger charge is -2.10. The Morgan fingerprint density at radius 3 is 1.47 bits per heavy atom. The van der Waals surface area contributed by atoms with Gasteiger partial charge in [-0.25, -0.2) is 15.0 Å². The molecule has 11 aromatic rings. The van der Waals surface area contributed by atoms with E-state index in [-0.39, 0.29) is 0 Å². The summed E-state index contributed by atoms with van der Waals surface area (Å²) in [6.45, 7) is 0. The quantitative estimate of drug-likeness (QED) is 0.160. The molecule has 0 saturated heterocycles. The van der Waals surface area contributed by atoms with E-state index in [1.54, 1.807) is 0 Å². The first-order valence-electron chi connectivity index (χ1n) is 19.2. The molecule has 0 atom stereocenters. The van der Waals surface area contributed by atoms with Gasteiger partial charge in [-0.3, -0.25) is 0 Å². The van der Waals surface area contributed by atoms with Crippen molar-refractivity contribution < 1.29 is 4.42 Å². The molecule has 0 radical (unpaired) electrons. The van der Waals surface area contributed by atoms with Crippen molar-refractivity contribution in [3.63, 3.8) is 0 Å². The predicted octanol–water partition coefficient (Wildman–Crippen LogP) is 14.1. The van der Waals surface area contributed by atoms with Gasteiger partial charge in [0.1, 0.15) is 11.2 Å². The molecule has 0 unspecified atom stereocenters. The Hall–Kier alpha value is -7.69.